The molecule has 0 bridgehead atoms. The molecule has 0 saturated heterocycles. The van der Waals surface area contributed by atoms with Gasteiger partial charge in [0.15, 0.2) is 0 Å². The number of ether oxygens (including phenoxy) is 1. The first kappa shape index (κ1) is 11.0. The molecule has 78 valence electrons. The van der Waals surface area contributed by atoms with Gasteiger partial charge in [0.2, 0.25) is 0 Å². The Morgan fingerprint density at radius 3 is 2.62 bits per heavy atom. The summed E-state index contributed by atoms with van der Waals surface area (Å²) < 4.78 is 5.60. The first-order valence-electron chi connectivity index (χ1n) is 5.62. The van der Waals surface area contributed by atoms with Crippen LogP contribution in [-0.2, 0) is 4.74 Å². The van der Waals surface area contributed by atoms with Crippen LogP contribution in [0.25, 0.3) is 0 Å². The number of nitrogens with two attached hydrogens (primary N) is 1. The van der Waals surface area contributed by atoms with Crippen LogP contribution in [0.1, 0.15) is 45.4 Å². The average Bonchev–Trinajstić information content (AvgIpc) is 2.14. The van der Waals surface area contributed by atoms with Crippen LogP contribution in [0.5, 0.6) is 0 Å². The first-order chi connectivity index (χ1) is 6.29. The summed E-state index contributed by atoms with van der Waals surface area (Å²) in [7, 11) is 0. The van der Waals surface area contributed by atoms with Crippen LogP contribution < -0.4 is 5.73 Å². The lowest BCUT2D eigenvalue weighted by molar-refractivity contribution is 0.0814. The molecular weight excluding hydrogens is 162 g/mol. The highest BCUT2D eigenvalue weighted by Gasteiger charge is 2.12. The van der Waals surface area contributed by atoms with Gasteiger partial charge in [-0.1, -0.05) is 19.3 Å². The summed E-state index contributed by atoms with van der Waals surface area (Å²) in [5.41, 5.74) is 5.63. The SMILES string of the molecule is CC(N)CCOCC1CCCCC1. The van der Waals surface area contributed by atoms with Crippen molar-refractivity contribution in [3.63, 3.8) is 0 Å². The summed E-state index contributed by atoms with van der Waals surface area (Å²) >= 11 is 0. The van der Waals surface area contributed by atoms with E-state index < -0.39 is 0 Å². The van der Waals surface area contributed by atoms with Gasteiger partial charge in [-0.15, -0.1) is 0 Å². The third kappa shape index (κ3) is 5.27. The van der Waals surface area contributed by atoms with Crippen LogP contribution in [0.3, 0.4) is 0 Å². The molecule has 2 nitrogen and oxygen atoms in total. The molecule has 0 aromatic heterocycles. The van der Waals surface area contributed by atoms with Crippen LogP contribution in [0.2, 0.25) is 0 Å². The minimum absolute atomic E-state index is 0.284. The number of hydrogen-bond acceptors (Lipinski definition) is 2. The summed E-state index contributed by atoms with van der Waals surface area (Å²) in [6.45, 7) is 3.84. The first-order valence-corrected chi connectivity index (χ1v) is 5.62. The molecule has 0 spiro atoms. The molecule has 0 aliphatic heterocycles. The minimum Gasteiger partial charge on any atom is -0.381 e. The second-order valence-corrected chi connectivity index (χ2v) is 4.34. The van der Waals surface area contributed by atoms with E-state index in [0.29, 0.717) is 0 Å². The van der Waals surface area contributed by atoms with Gasteiger partial charge in [-0.3, -0.25) is 0 Å². The molecule has 0 heterocycles. The average molecular weight is 185 g/mol. The molecule has 1 aliphatic carbocycles. The molecular formula is C11H23NO. The Kier molecular flexibility index (Phi) is 5.40. The molecule has 1 atom stereocenters. The van der Waals surface area contributed by atoms with E-state index in [9.17, 15) is 0 Å². The summed E-state index contributed by atoms with van der Waals surface area (Å²) in [6.07, 6.45) is 7.97. The zero-order valence-corrected chi connectivity index (χ0v) is 8.80. The van der Waals surface area contributed by atoms with E-state index in [2.05, 4.69) is 0 Å². The fraction of sp³-hybridized carbons (Fsp3) is 1.00. The van der Waals surface area contributed by atoms with Crippen LogP contribution >= 0.6 is 0 Å². The molecule has 1 rings (SSSR count). The Morgan fingerprint density at radius 1 is 1.31 bits per heavy atom. The maximum Gasteiger partial charge on any atom is 0.0494 e. The molecule has 1 unspecified atom stereocenters. The third-order valence-electron chi connectivity index (χ3n) is 2.80. The zero-order valence-electron chi connectivity index (χ0n) is 8.80. The van der Waals surface area contributed by atoms with Crippen molar-refractivity contribution in [3.05, 3.63) is 0 Å². The van der Waals surface area contributed by atoms with Crippen LogP contribution in [-0.4, -0.2) is 19.3 Å². The number of hydrogen-bond donors (Lipinski definition) is 1. The van der Waals surface area contributed by atoms with Gasteiger partial charge < -0.3 is 10.5 Å². The quantitative estimate of drug-likeness (QED) is 0.667. The molecule has 1 saturated carbocycles. The fourth-order valence-corrected chi connectivity index (χ4v) is 1.87. The predicted molar refractivity (Wildman–Crippen MR) is 55.7 cm³/mol. The lowest BCUT2D eigenvalue weighted by Crippen LogP contribution is -2.19. The Hall–Kier alpha value is -0.0800. The molecule has 0 aromatic carbocycles. The van der Waals surface area contributed by atoms with Crippen molar-refractivity contribution in [1.29, 1.82) is 0 Å². The van der Waals surface area contributed by atoms with E-state index in [1.54, 1.807) is 0 Å². The van der Waals surface area contributed by atoms with E-state index in [1.807, 2.05) is 6.92 Å². The van der Waals surface area contributed by atoms with Gasteiger partial charge in [-0.25, -0.2) is 0 Å². The summed E-state index contributed by atoms with van der Waals surface area (Å²) in [5, 5.41) is 0. The van der Waals surface area contributed by atoms with Crippen molar-refractivity contribution in [2.45, 2.75) is 51.5 Å². The fourth-order valence-electron chi connectivity index (χ4n) is 1.87. The maximum atomic E-state index is 5.63. The van der Waals surface area contributed by atoms with Gasteiger partial charge in [0.25, 0.3) is 0 Å². The van der Waals surface area contributed by atoms with Crippen LogP contribution in [0.15, 0.2) is 0 Å². The molecule has 0 aromatic rings. The molecule has 0 amide bonds. The minimum atomic E-state index is 0.284. The highest BCUT2D eigenvalue weighted by atomic mass is 16.5. The smallest absolute Gasteiger partial charge is 0.0494 e. The van der Waals surface area contributed by atoms with Gasteiger partial charge in [-0.2, -0.15) is 0 Å². The lowest BCUT2D eigenvalue weighted by atomic mass is 9.90. The monoisotopic (exact) mass is 185 g/mol. The Labute approximate surface area is 81.8 Å². The summed E-state index contributed by atoms with van der Waals surface area (Å²) in [4.78, 5) is 0. The van der Waals surface area contributed by atoms with E-state index in [0.717, 1.165) is 25.6 Å². The molecule has 1 aliphatic rings. The molecule has 1 fully saturated rings. The normalized spacial score (nSPS) is 21.7. The van der Waals surface area contributed by atoms with Crippen LogP contribution in [0, 0.1) is 5.92 Å². The van der Waals surface area contributed by atoms with E-state index in [-0.39, 0.29) is 6.04 Å². The maximum absolute atomic E-state index is 5.63. The van der Waals surface area contributed by atoms with Crippen molar-refractivity contribution in [1.82, 2.24) is 0 Å². The van der Waals surface area contributed by atoms with Gasteiger partial charge >= 0.3 is 0 Å². The van der Waals surface area contributed by atoms with Crippen molar-refractivity contribution >= 4 is 0 Å². The molecule has 2 N–H and O–H groups in total. The van der Waals surface area contributed by atoms with Gasteiger partial charge in [-0.05, 0) is 32.1 Å². The predicted octanol–water partition coefficient (Wildman–Crippen LogP) is 2.32. The van der Waals surface area contributed by atoms with Crippen LogP contribution in [0.4, 0.5) is 0 Å². The van der Waals surface area contributed by atoms with Crippen molar-refractivity contribution in [3.8, 4) is 0 Å². The Bertz CT molecular complexity index is 119. The molecule has 0 radical (unpaired) electrons. The van der Waals surface area contributed by atoms with E-state index in [1.165, 1.54) is 32.1 Å². The zero-order chi connectivity index (χ0) is 9.52. The largest absolute Gasteiger partial charge is 0.381 e. The topological polar surface area (TPSA) is 35.2 Å². The molecule has 13 heavy (non-hydrogen) atoms. The Balaban J connectivity index is 1.92. The lowest BCUT2D eigenvalue weighted by Gasteiger charge is -2.21. The molecule has 2 heteroatoms. The second kappa shape index (κ2) is 6.39. The second-order valence-electron chi connectivity index (χ2n) is 4.34. The van der Waals surface area contributed by atoms with Gasteiger partial charge in [0, 0.05) is 19.3 Å². The van der Waals surface area contributed by atoms with Crippen molar-refractivity contribution in [2.75, 3.05) is 13.2 Å². The highest BCUT2D eigenvalue weighted by Crippen LogP contribution is 2.23. The van der Waals surface area contributed by atoms with Crippen molar-refractivity contribution in [2.24, 2.45) is 11.7 Å². The number of rotatable bonds is 5. The highest BCUT2D eigenvalue weighted by molar-refractivity contribution is 4.64. The Morgan fingerprint density at radius 2 is 2.00 bits per heavy atom. The standard InChI is InChI=1S/C11H23NO/c1-10(12)7-8-13-9-11-5-3-2-4-6-11/h10-11H,2-9,12H2,1H3. The summed E-state index contributed by atoms with van der Waals surface area (Å²) in [5.74, 6) is 0.835. The van der Waals surface area contributed by atoms with E-state index >= 15 is 0 Å². The van der Waals surface area contributed by atoms with Gasteiger partial charge in [0.1, 0.15) is 0 Å². The summed E-state index contributed by atoms with van der Waals surface area (Å²) in [6, 6.07) is 0.284. The van der Waals surface area contributed by atoms with E-state index in [4.69, 9.17) is 10.5 Å². The third-order valence-corrected chi connectivity index (χ3v) is 2.80. The van der Waals surface area contributed by atoms with Crippen molar-refractivity contribution < 1.29 is 4.74 Å². The van der Waals surface area contributed by atoms with Gasteiger partial charge in [0.05, 0.1) is 0 Å².